The summed E-state index contributed by atoms with van der Waals surface area (Å²) in [6, 6.07) is 7.87. The van der Waals surface area contributed by atoms with Crippen molar-refractivity contribution in [3.63, 3.8) is 0 Å². The highest BCUT2D eigenvalue weighted by atomic mass is 79.9. The minimum Gasteiger partial charge on any atom is -0.389 e. The summed E-state index contributed by atoms with van der Waals surface area (Å²) >= 11 is 11.3. The smallest absolute Gasteiger partial charge is 0.0776 e. The average Bonchev–Trinajstić information content (AvgIpc) is 2.74. The molecule has 0 bridgehead atoms. The van der Waals surface area contributed by atoms with Crippen molar-refractivity contribution in [1.29, 1.82) is 0 Å². The van der Waals surface area contributed by atoms with Gasteiger partial charge in [-0.25, -0.2) is 0 Å². The molecular weight excluding hydrogens is 346 g/mol. The van der Waals surface area contributed by atoms with E-state index in [9.17, 15) is 5.11 Å². The molecule has 0 saturated carbocycles. The van der Waals surface area contributed by atoms with Gasteiger partial charge in [-0.15, -0.1) is 11.3 Å². The molecule has 1 aromatic carbocycles. The van der Waals surface area contributed by atoms with Crippen LogP contribution in [0.3, 0.4) is 0 Å². The Hall–Kier alpha value is -0.550. The lowest BCUT2D eigenvalue weighted by Gasteiger charge is -2.20. The number of benzene rings is 1. The Kier molecular flexibility index (Phi) is 4.90. The fraction of sp³-hybridized carbons (Fsp3) is 0.286. The van der Waals surface area contributed by atoms with E-state index in [1.54, 1.807) is 18.3 Å². The Morgan fingerprint density at radius 1 is 1.42 bits per heavy atom. The zero-order valence-corrected chi connectivity index (χ0v) is 13.9. The van der Waals surface area contributed by atoms with Crippen molar-refractivity contribution in [1.82, 2.24) is 0 Å². The first-order valence-electron chi connectivity index (χ1n) is 5.89. The highest BCUT2D eigenvalue weighted by Crippen LogP contribution is 2.29. The summed E-state index contributed by atoms with van der Waals surface area (Å²) < 4.78 is 1.14. The summed E-state index contributed by atoms with van der Waals surface area (Å²) in [5, 5.41) is 12.3. The van der Waals surface area contributed by atoms with Crippen LogP contribution in [0.15, 0.2) is 33.4 Å². The Morgan fingerprint density at radius 3 is 2.68 bits per heavy atom. The van der Waals surface area contributed by atoms with Crippen LogP contribution in [0.4, 0.5) is 5.69 Å². The van der Waals surface area contributed by atoms with Crippen LogP contribution in [0, 0.1) is 0 Å². The quantitative estimate of drug-likeness (QED) is 0.842. The number of hydrogen-bond acceptors (Lipinski definition) is 3. The van der Waals surface area contributed by atoms with Gasteiger partial charge >= 0.3 is 0 Å². The minimum absolute atomic E-state index is 0.542. The summed E-state index contributed by atoms with van der Waals surface area (Å²) in [6.45, 7) is 2.54. The Morgan fingerprint density at radius 2 is 2.16 bits per heavy atom. The van der Waals surface area contributed by atoms with Gasteiger partial charge in [0.05, 0.1) is 9.89 Å². The second-order valence-corrected chi connectivity index (χ2v) is 7.19. The summed E-state index contributed by atoms with van der Waals surface area (Å²) in [4.78, 5) is 2.13. The predicted molar refractivity (Wildman–Crippen MR) is 86.2 cm³/mol. The molecule has 0 spiro atoms. The molecule has 1 atom stereocenters. The van der Waals surface area contributed by atoms with Gasteiger partial charge in [-0.1, -0.05) is 17.7 Å². The van der Waals surface area contributed by atoms with Gasteiger partial charge in [-0.3, -0.25) is 0 Å². The van der Waals surface area contributed by atoms with E-state index in [2.05, 4.69) is 32.3 Å². The first-order valence-corrected chi connectivity index (χ1v) is 7.94. The molecule has 0 fully saturated rings. The van der Waals surface area contributed by atoms with Crippen LogP contribution in [0.2, 0.25) is 5.02 Å². The van der Waals surface area contributed by atoms with Gasteiger partial charge in [-0.05, 0) is 57.6 Å². The van der Waals surface area contributed by atoms with E-state index in [1.165, 1.54) is 5.56 Å². The molecular formula is C14H15BrClNOS. The number of aliphatic hydroxyl groups is 1. The van der Waals surface area contributed by atoms with Crippen molar-refractivity contribution in [3.8, 4) is 0 Å². The molecule has 5 heteroatoms. The maximum Gasteiger partial charge on any atom is 0.0776 e. The minimum atomic E-state index is -0.542. The molecule has 2 aromatic rings. The standard InChI is InChI=1S/C14H15BrClNOS/c1-9(18)12-4-3-11(6-13(12)16)17(2)7-10-5-14(15)19-8-10/h3-6,8-9,18H,7H2,1-2H3. The number of anilines is 1. The van der Waals surface area contributed by atoms with Crippen LogP contribution in [-0.2, 0) is 6.54 Å². The number of rotatable bonds is 4. The third-order valence-corrected chi connectivity index (χ3v) is 4.80. The molecule has 0 amide bonds. The second kappa shape index (κ2) is 6.27. The van der Waals surface area contributed by atoms with Crippen molar-refractivity contribution >= 4 is 44.6 Å². The molecule has 19 heavy (non-hydrogen) atoms. The van der Waals surface area contributed by atoms with Gasteiger partial charge in [0, 0.05) is 24.3 Å². The number of hydrogen-bond donors (Lipinski definition) is 1. The summed E-state index contributed by atoms with van der Waals surface area (Å²) in [5.74, 6) is 0. The molecule has 0 aliphatic heterocycles. The van der Waals surface area contributed by atoms with E-state index < -0.39 is 6.10 Å². The molecule has 1 N–H and O–H groups in total. The first kappa shape index (κ1) is 14.9. The molecule has 0 radical (unpaired) electrons. The molecule has 2 rings (SSSR count). The molecule has 1 heterocycles. The Balaban J connectivity index is 2.15. The first-order chi connectivity index (χ1) is 8.97. The number of nitrogens with zero attached hydrogens (tertiary/aromatic N) is 1. The molecule has 2 nitrogen and oxygen atoms in total. The fourth-order valence-electron chi connectivity index (χ4n) is 1.89. The van der Waals surface area contributed by atoms with Crippen molar-refractivity contribution < 1.29 is 5.11 Å². The van der Waals surface area contributed by atoms with E-state index in [1.807, 2.05) is 25.2 Å². The molecule has 102 valence electrons. The van der Waals surface area contributed by atoms with E-state index in [4.69, 9.17) is 11.6 Å². The third kappa shape index (κ3) is 3.72. The van der Waals surface area contributed by atoms with Crippen LogP contribution >= 0.6 is 38.9 Å². The monoisotopic (exact) mass is 359 g/mol. The van der Waals surface area contributed by atoms with Crippen molar-refractivity contribution in [2.45, 2.75) is 19.6 Å². The number of aliphatic hydroxyl groups excluding tert-OH is 1. The molecule has 0 aliphatic carbocycles. The lowest BCUT2D eigenvalue weighted by atomic mass is 10.1. The van der Waals surface area contributed by atoms with Gasteiger partial charge in [0.25, 0.3) is 0 Å². The molecule has 0 aliphatic rings. The second-order valence-electron chi connectivity index (χ2n) is 4.50. The SMILES string of the molecule is CC(O)c1ccc(N(C)Cc2csc(Br)c2)cc1Cl. The Labute approximate surface area is 130 Å². The number of thiophene rings is 1. The highest BCUT2D eigenvalue weighted by Gasteiger charge is 2.10. The normalized spacial score (nSPS) is 12.5. The lowest BCUT2D eigenvalue weighted by Crippen LogP contribution is -2.16. The van der Waals surface area contributed by atoms with Crippen molar-refractivity contribution in [2.24, 2.45) is 0 Å². The lowest BCUT2D eigenvalue weighted by molar-refractivity contribution is 0.199. The third-order valence-electron chi connectivity index (χ3n) is 2.92. The van der Waals surface area contributed by atoms with Gasteiger partial charge < -0.3 is 10.0 Å². The zero-order valence-electron chi connectivity index (χ0n) is 10.7. The fourth-order valence-corrected chi connectivity index (χ4v) is 3.42. The molecule has 0 saturated heterocycles. The van der Waals surface area contributed by atoms with Gasteiger partial charge in [0.1, 0.15) is 0 Å². The van der Waals surface area contributed by atoms with Crippen LogP contribution in [-0.4, -0.2) is 12.2 Å². The average molecular weight is 361 g/mol. The zero-order chi connectivity index (χ0) is 14.0. The summed E-state index contributed by atoms with van der Waals surface area (Å²) in [5.41, 5.74) is 3.06. The van der Waals surface area contributed by atoms with Crippen LogP contribution in [0.1, 0.15) is 24.2 Å². The van der Waals surface area contributed by atoms with Crippen molar-refractivity contribution in [2.75, 3.05) is 11.9 Å². The highest BCUT2D eigenvalue weighted by molar-refractivity contribution is 9.11. The van der Waals surface area contributed by atoms with Crippen LogP contribution in [0.5, 0.6) is 0 Å². The van der Waals surface area contributed by atoms with Gasteiger partial charge in [-0.2, -0.15) is 0 Å². The molecule has 1 aromatic heterocycles. The predicted octanol–water partition coefficient (Wildman–Crippen LogP) is 4.85. The topological polar surface area (TPSA) is 23.5 Å². The molecule has 1 unspecified atom stereocenters. The number of halogens is 2. The summed E-state index contributed by atoms with van der Waals surface area (Å²) in [7, 11) is 2.03. The van der Waals surface area contributed by atoms with Gasteiger partial charge in [0.15, 0.2) is 0 Å². The Bertz CT molecular complexity index is 570. The maximum absolute atomic E-state index is 9.57. The summed E-state index contributed by atoms with van der Waals surface area (Å²) in [6.07, 6.45) is -0.542. The van der Waals surface area contributed by atoms with Crippen molar-refractivity contribution in [3.05, 3.63) is 49.6 Å². The van der Waals surface area contributed by atoms with E-state index >= 15 is 0 Å². The maximum atomic E-state index is 9.57. The van der Waals surface area contributed by atoms with E-state index in [0.29, 0.717) is 5.02 Å². The largest absolute Gasteiger partial charge is 0.389 e. The van der Waals surface area contributed by atoms with Gasteiger partial charge in [0.2, 0.25) is 0 Å². The van der Waals surface area contributed by atoms with Crippen LogP contribution < -0.4 is 4.90 Å². The van der Waals surface area contributed by atoms with E-state index in [0.717, 1.165) is 21.6 Å². The van der Waals surface area contributed by atoms with E-state index in [-0.39, 0.29) is 0 Å². The van der Waals surface area contributed by atoms with Crippen LogP contribution in [0.25, 0.3) is 0 Å².